The monoisotopic (exact) mass is 529 g/mol. The number of piperidine rings is 1. The molecule has 2 heterocycles. The molecule has 1 aromatic rings. The molecule has 0 bridgehead atoms. The summed E-state index contributed by atoms with van der Waals surface area (Å²) in [5, 5.41) is 7.07. The topological polar surface area (TPSA) is 147 Å². The average molecular weight is 530 g/mol. The van der Waals surface area contributed by atoms with Crippen LogP contribution in [0.4, 0.5) is 23.8 Å². The first-order valence-corrected chi connectivity index (χ1v) is 11.6. The molecule has 2 rings (SSSR count). The Hall–Kier alpha value is -2.65. The van der Waals surface area contributed by atoms with E-state index in [0.29, 0.717) is 5.02 Å². The first-order valence-electron chi connectivity index (χ1n) is 9.79. The highest BCUT2D eigenvalue weighted by Gasteiger charge is 2.52. The van der Waals surface area contributed by atoms with Crippen molar-refractivity contribution in [2.24, 2.45) is 0 Å². The first kappa shape index (κ1) is 27.6. The summed E-state index contributed by atoms with van der Waals surface area (Å²) in [5.41, 5.74) is -6.51. The van der Waals surface area contributed by atoms with Gasteiger partial charge in [0.15, 0.2) is 0 Å². The van der Waals surface area contributed by atoms with Crippen LogP contribution in [0.5, 0.6) is 0 Å². The third-order valence-corrected chi connectivity index (χ3v) is 6.22. The summed E-state index contributed by atoms with van der Waals surface area (Å²) < 4.78 is 67.8. The van der Waals surface area contributed by atoms with Crippen LogP contribution in [-0.4, -0.2) is 71.9 Å². The van der Waals surface area contributed by atoms with Crippen molar-refractivity contribution >= 4 is 45.3 Å². The lowest BCUT2D eigenvalue weighted by molar-refractivity contribution is -0.136. The molecule has 3 amide bonds. The Morgan fingerprint density at radius 3 is 2.29 bits per heavy atom. The summed E-state index contributed by atoms with van der Waals surface area (Å²) in [4.78, 5) is 40.5. The summed E-state index contributed by atoms with van der Waals surface area (Å²) >= 11 is 5.69. The van der Waals surface area contributed by atoms with Gasteiger partial charge in [0, 0.05) is 19.3 Å². The number of alkyl halides is 3. The molecule has 2 atom stereocenters. The number of hydrogen-bond donors (Lipinski definition) is 3. The Morgan fingerprint density at radius 2 is 1.76 bits per heavy atom. The maximum atomic E-state index is 13.0. The van der Waals surface area contributed by atoms with Gasteiger partial charge in [0.2, 0.25) is 0 Å². The Kier molecular flexibility index (Phi) is 8.37. The lowest BCUT2D eigenvalue weighted by Crippen LogP contribution is -2.63. The molecule has 16 heteroatoms. The number of halogens is 4. The van der Waals surface area contributed by atoms with Crippen molar-refractivity contribution in [3.05, 3.63) is 23.4 Å². The molecule has 11 nitrogen and oxygen atoms in total. The van der Waals surface area contributed by atoms with E-state index in [1.165, 1.54) is 18.3 Å². The average Bonchev–Trinajstić information content (AvgIpc) is 2.68. The van der Waals surface area contributed by atoms with Gasteiger partial charge in [0.25, 0.3) is 0 Å². The van der Waals surface area contributed by atoms with Gasteiger partial charge < -0.3 is 20.7 Å². The Bertz CT molecular complexity index is 1030. The lowest BCUT2D eigenvalue weighted by Gasteiger charge is -2.38. The molecule has 1 aliphatic heterocycles. The van der Waals surface area contributed by atoms with Crippen LogP contribution >= 0.6 is 11.6 Å². The van der Waals surface area contributed by atoms with E-state index < -0.39 is 64.2 Å². The van der Waals surface area contributed by atoms with E-state index in [-0.39, 0.29) is 16.5 Å². The van der Waals surface area contributed by atoms with E-state index >= 15 is 0 Å². The lowest BCUT2D eigenvalue weighted by atomic mass is 10.0. The highest BCUT2D eigenvalue weighted by molar-refractivity contribution is 7.90. The standard InChI is InChI=1S/C18H23ClF3N5O6S/c1-17(2,3)33-16(30)25-12-9-27(34(31,32)18(20,21)22)7-6-11(12)24-14(28)15(29)26-13-5-4-10(19)8-23-13/h4-5,8,11-12H,6-7,9H2,1-3H3,(H,24,28)(H,25,30)(H,23,26,29)/t11-,12?/m0/s1. The number of hydrogen-bond acceptors (Lipinski definition) is 7. The molecule has 190 valence electrons. The van der Waals surface area contributed by atoms with Crippen molar-refractivity contribution in [2.45, 2.75) is 50.4 Å². The van der Waals surface area contributed by atoms with Crippen LogP contribution in [0.25, 0.3) is 0 Å². The molecular formula is C18H23ClF3N5O6S. The minimum Gasteiger partial charge on any atom is -0.444 e. The molecule has 0 aromatic carbocycles. The zero-order chi connectivity index (χ0) is 25.9. The highest BCUT2D eigenvalue weighted by Crippen LogP contribution is 2.29. The minimum absolute atomic E-state index is 0.0130. The number of amides is 3. The van der Waals surface area contributed by atoms with Crippen molar-refractivity contribution < 1.29 is 40.7 Å². The Labute approximate surface area is 198 Å². The van der Waals surface area contributed by atoms with Crippen molar-refractivity contribution in [1.82, 2.24) is 19.9 Å². The maximum Gasteiger partial charge on any atom is 0.511 e. The van der Waals surface area contributed by atoms with E-state index in [4.69, 9.17) is 16.3 Å². The number of carbonyl (C=O) groups excluding carboxylic acids is 3. The van der Waals surface area contributed by atoms with Gasteiger partial charge in [-0.15, -0.1) is 0 Å². The van der Waals surface area contributed by atoms with E-state index in [1.807, 2.05) is 0 Å². The first-order chi connectivity index (χ1) is 15.5. The SMILES string of the molecule is CC(C)(C)OC(=O)NC1CN(S(=O)(=O)C(F)(F)F)CC[C@@H]1NC(=O)C(=O)Nc1ccc(Cl)cn1. The number of nitrogens with one attached hydrogen (secondary N) is 3. The number of alkyl carbamates (subject to hydrolysis) is 1. The van der Waals surface area contributed by atoms with Gasteiger partial charge in [-0.3, -0.25) is 9.59 Å². The number of pyridine rings is 1. The summed E-state index contributed by atoms with van der Waals surface area (Å²) in [5.74, 6) is -2.31. The van der Waals surface area contributed by atoms with Gasteiger partial charge in [-0.25, -0.2) is 18.2 Å². The predicted octanol–water partition coefficient (Wildman–Crippen LogP) is 1.61. The molecule has 0 radical (unpaired) electrons. The summed E-state index contributed by atoms with van der Waals surface area (Å²) in [6, 6.07) is 0.343. The van der Waals surface area contributed by atoms with Gasteiger partial charge in [0.1, 0.15) is 11.4 Å². The second-order valence-electron chi connectivity index (χ2n) is 8.25. The third-order valence-electron chi connectivity index (χ3n) is 4.40. The van der Waals surface area contributed by atoms with Crippen LogP contribution in [0.1, 0.15) is 27.2 Å². The summed E-state index contributed by atoms with van der Waals surface area (Å²) in [6.07, 6.45) is -0.140. The fourth-order valence-corrected chi connectivity index (χ4v) is 4.03. The van der Waals surface area contributed by atoms with Crippen LogP contribution < -0.4 is 16.0 Å². The van der Waals surface area contributed by atoms with Crippen LogP contribution in [-0.2, 0) is 24.3 Å². The molecule has 1 aliphatic rings. The van der Waals surface area contributed by atoms with Crippen LogP contribution in [0.15, 0.2) is 18.3 Å². The van der Waals surface area contributed by atoms with Crippen LogP contribution in [0, 0.1) is 0 Å². The zero-order valence-corrected chi connectivity index (χ0v) is 19.8. The van der Waals surface area contributed by atoms with Crippen LogP contribution in [0.2, 0.25) is 5.02 Å². The number of carbonyl (C=O) groups is 3. The number of aromatic nitrogens is 1. The zero-order valence-electron chi connectivity index (χ0n) is 18.3. The number of rotatable bonds is 4. The van der Waals surface area contributed by atoms with Gasteiger partial charge in [-0.05, 0) is 39.3 Å². The third kappa shape index (κ3) is 7.43. The molecule has 34 heavy (non-hydrogen) atoms. The number of nitrogens with zero attached hydrogens (tertiary/aromatic N) is 2. The fourth-order valence-electron chi connectivity index (χ4n) is 2.92. The quantitative estimate of drug-likeness (QED) is 0.502. The van der Waals surface area contributed by atoms with E-state index in [9.17, 15) is 36.0 Å². The van der Waals surface area contributed by atoms with E-state index in [2.05, 4.69) is 20.9 Å². The second-order valence-corrected chi connectivity index (χ2v) is 10.6. The van der Waals surface area contributed by atoms with Crippen molar-refractivity contribution in [3.8, 4) is 0 Å². The summed E-state index contributed by atoms with van der Waals surface area (Å²) in [6.45, 7) is 3.21. The normalized spacial score (nSPS) is 19.7. The molecule has 1 saturated heterocycles. The van der Waals surface area contributed by atoms with Gasteiger partial charge in [-0.1, -0.05) is 11.6 Å². The number of anilines is 1. The molecule has 1 aromatic heterocycles. The molecular weight excluding hydrogens is 507 g/mol. The molecule has 1 fully saturated rings. The maximum absolute atomic E-state index is 13.0. The molecule has 0 saturated carbocycles. The molecule has 0 spiro atoms. The van der Waals surface area contributed by atoms with Gasteiger partial charge in [-0.2, -0.15) is 17.5 Å². The molecule has 1 unspecified atom stereocenters. The van der Waals surface area contributed by atoms with Crippen molar-refractivity contribution in [1.29, 1.82) is 0 Å². The minimum atomic E-state index is -5.69. The van der Waals surface area contributed by atoms with Crippen molar-refractivity contribution in [2.75, 3.05) is 18.4 Å². The number of sulfonamides is 1. The van der Waals surface area contributed by atoms with Gasteiger partial charge >= 0.3 is 33.4 Å². The summed E-state index contributed by atoms with van der Waals surface area (Å²) in [7, 11) is -5.69. The van der Waals surface area contributed by atoms with E-state index in [0.717, 1.165) is 0 Å². The van der Waals surface area contributed by atoms with Gasteiger partial charge in [0.05, 0.1) is 17.1 Å². The molecule has 0 aliphatic carbocycles. The Morgan fingerprint density at radius 1 is 1.12 bits per heavy atom. The second kappa shape index (κ2) is 10.3. The van der Waals surface area contributed by atoms with Crippen LogP contribution in [0.3, 0.4) is 0 Å². The van der Waals surface area contributed by atoms with E-state index in [1.54, 1.807) is 20.8 Å². The predicted molar refractivity (Wildman–Crippen MR) is 114 cm³/mol. The van der Waals surface area contributed by atoms with Crippen molar-refractivity contribution in [3.63, 3.8) is 0 Å². The molecule has 3 N–H and O–H groups in total. The highest BCUT2D eigenvalue weighted by atomic mass is 35.5. The fraction of sp³-hybridized carbons (Fsp3) is 0.556. The largest absolute Gasteiger partial charge is 0.511 e. The number of ether oxygens (including phenoxy) is 1. The smallest absolute Gasteiger partial charge is 0.444 e. The Balaban J connectivity index is 2.15.